The Morgan fingerprint density at radius 2 is 1.82 bits per heavy atom. The van der Waals surface area contributed by atoms with Crippen molar-refractivity contribution in [3.8, 4) is 0 Å². The van der Waals surface area contributed by atoms with E-state index in [0.717, 1.165) is 0 Å². The van der Waals surface area contributed by atoms with Crippen molar-refractivity contribution in [2.24, 2.45) is 4.99 Å². The molecule has 120 valence electrons. The maximum Gasteiger partial charge on any atom is 0.379 e. The van der Waals surface area contributed by atoms with Gasteiger partial charge in [0.2, 0.25) is 0 Å². The smallest absolute Gasteiger partial charge is 0.304 e. The van der Waals surface area contributed by atoms with Crippen LogP contribution in [-0.2, 0) is 13.6 Å². The van der Waals surface area contributed by atoms with Gasteiger partial charge in [-0.25, -0.2) is 4.99 Å². The zero-order chi connectivity index (χ0) is 16.6. The van der Waals surface area contributed by atoms with Crippen LogP contribution in [-0.4, -0.2) is 23.6 Å². The summed E-state index contributed by atoms with van der Waals surface area (Å²) in [7, 11) is -3.51. The number of nitro benzene ring substituents is 1. The van der Waals surface area contributed by atoms with Gasteiger partial charge in [0.1, 0.15) is 0 Å². The van der Waals surface area contributed by atoms with Crippen LogP contribution in [0.3, 0.4) is 0 Å². The molecule has 7 nitrogen and oxygen atoms in total. The van der Waals surface area contributed by atoms with Gasteiger partial charge >= 0.3 is 7.60 Å². The first-order valence-electron chi connectivity index (χ1n) is 6.82. The SMILES string of the molecule is C/C=C/C(=Nc1ccc([N+](=O)[O-])cc1)P(=O)(OCC)OCC. The van der Waals surface area contributed by atoms with Gasteiger partial charge in [-0.3, -0.25) is 14.7 Å². The number of benzene rings is 1. The maximum atomic E-state index is 12.7. The Labute approximate surface area is 129 Å². The van der Waals surface area contributed by atoms with E-state index in [1.807, 2.05) is 0 Å². The lowest BCUT2D eigenvalue weighted by atomic mass is 10.3. The largest absolute Gasteiger partial charge is 0.379 e. The molecule has 1 aromatic carbocycles. The summed E-state index contributed by atoms with van der Waals surface area (Å²) in [6.07, 6.45) is 3.22. The Morgan fingerprint density at radius 1 is 1.27 bits per heavy atom. The molecule has 0 atom stereocenters. The van der Waals surface area contributed by atoms with Gasteiger partial charge in [0.05, 0.1) is 23.8 Å². The van der Waals surface area contributed by atoms with Crippen LogP contribution in [0.2, 0.25) is 0 Å². The molecular weight excluding hydrogens is 307 g/mol. The van der Waals surface area contributed by atoms with E-state index in [2.05, 4.69) is 4.99 Å². The molecule has 0 unspecified atom stereocenters. The molecule has 0 bridgehead atoms. The molecule has 0 saturated heterocycles. The highest BCUT2D eigenvalue weighted by Gasteiger charge is 2.29. The van der Waals surface area contributed by atoms with Crippen molar-refractivity contribution < 1.29 is 18.5 Å². The molecule has 0 aliphatic heterocycles. The summed E-state index contributed by atoms with van der Waals surface area (Å²) in [4.78, 5) is 14.4. The fraction of sp³-hybridized carbons (Fsp3) is 0.357. The normalized spacial score (nSPS) is 12.8. The molecule has 0 heterocycles. The van der Waals surface area contributed by atoms with Crippen LogP contribution in [0.25, 0.3) is 0 Å². The molecule has 0 N–H and O–H groups in total. The summed E-state index contributed by atoms with van der Waals surface area (Å²) in [6, 6.07) is 5.62. The fourth-order valence-electron chi connectivity index (χ4n) is 1.63. The van der Waals surface area contributed by atoms with Crippen molar-refractivity contribution in [1.82, 2.24) is 0 Å². The van der Waals surface area contributed by atoms with Gasteiger partial charge in [-0.2, -0.15) is 0 Å². The third kappa shape index (κ3) is 4.87. The van der Waals surface area contributed by atoms with Gasteiger partial charge in [-0.15, -0.1) is 0 Å². The lowest BCUT2D eigenvalue weighted by molar-refractivity contribution is -0.384. The molecule has 0 aliphatic rings. The van der Waals surface area contributed by atoms with Gasteiger partial charge in [-0.1, -0.05) is 6.08 Å². The van der Waals surface area contributed by atoms with Gasteiger partial charge in [-0.05, 0) is 39.0 Å². The lowest BCUT2D eigenvalue weighted by Gasteiger charge is -2.16. The van der Waals surface area contributed by atoms with E-state index in [4.69, 9.17) is 9.05 Å². The van der Waals surface area contributed by atoms with E-state index in [9.17, 15) is 14.7 Å². The van der Waals surface area contributed by atoms with Crippen molar-refractivity contribution in [3.63, 3.8) is 0 Å². The molecule has 8 heteroatoms. The fourth-order valence-corrected chi connectivity index (χ4v) is 3.22. The first-order valence-corrected chi connectivity index (χ1v) is 8.36. The maximum absolute atomic E-state index is 12.7. The van der Waals surface area contributed by atoms with Crippen molar-refractivity contribution in [1.29, 1.82) is 0 Å². The predicted octanol–water partition coefficient (Wildman–Crippen LogP) is 4.47. The highest BCUT2D eigenvalue weighted by molar-refractivity contribution is 7.72. The second kappa shape index (κ2) is 8.58. The number of hydrogen-bond acceptors (Lipinski definition) is 6. The van der Waals surface area contributed by atoms with Gasteiger partial charge in [0.15, 0.2) is 5.45 Å². The molecule has 1 rings (SSSR count). The Bertz CT molecular complexity index is 600. The van der Waals surface area contributed by atoms with Crippen LogP contribution in [0.15, 0.2) is 41.4 Å². The minimum atomic E-state index is -3.51. The minimum absolute atomic E-state index is 0.0377. The molecule has 0 amide bonds. The van der Waals surface area contributed by atoms with Crippen LogP contribution >= 0.6 is 7.60 Å². The average molecular weight is 326 g/mol. The Morgan fingerprint density at radius 3 is 2.23 bits per heavy atom. The minimum Gasteiger partial charge on any atom is -0.304 e. The van der Waals surface area contributed by atoms with Crippen LogP contribution in [0.1, 0.15) is 20.8 Å². The summed E-state index contributed by atoms with van der Waals surface area (Å²) in [5.74, 6) is 0. The molecular formula is C14H19N2O5P. The molecule has 0 aromatic heterocycles. The van der Waals surface area contributed by atoms with Gasteiger partial charge in [0.25, 0.3) is 5.69 Å². The molecule has 22 heavy (non-hydrogen) atoms. The Balaban J connectivity index is 3.22. The molecule has 0 aliphatic carbocycles. The third-order valence-electron chi connectivity index (χ3n) is 2.50. The zero-order valence-corrected chi connectivity index (χ0v) is 13.7. The first kappa shape index (κ1) is 18.2. The van der Waals surface area contributed by atoms with Crippen LogP contribution < -0.4 is 0 Å². The average Bonchev–Trinajstić information content (AvgIpc) is 2.48. The van der Waals surface area contributed by atoms with Crippen molar-refractivity contribution in [2.75, 3.05) is 13.2 Å². The van der Waals surface area contributed by atoms with E-state index < -0.39 is 12.5 Å². The second-order valence-corrected chi connectivity index (χ2v) is 6.05. The molecule has 0 saturated carbocycles. The number of rotatable bonds is 8. The van der Waals surface area contributed by atoms with E-state index in [-0.39, 0.29) is 24.4 Å². The van der Waals surface area contributed by atoms with Gasteiger partial charge < -0.3 is 9.05 Å². The van der Waals surface area contributed by atoms with Crippen LogP contribution in [0.4, 0.5) is 11.4 Å². The lowest BCUT2D eigenvalue weighted by Crippen LogP contribution is -2.05. The topological polar surface area (TPSA) is 91.0 Å². The second-order valence-electron chi connectivity index (χ2n) is 4.08. The van der Waals surface area contributed by atoms with E-state index >= 15 is 0 Å². The summed E-state index contributed by atoms with van der Waals surface area (Å²) in [5.41, 5.74) is 0.551. The van der Waals surface area contributed by atoms with E-state index in [1.54, 1.807) is 32.9 Å². The number of nitrogens with zero attached hydrogens (tertiary/aromatic N) is 2. The third-order valence-corrected chi connectivity index (χ3v) is 4.51. The highest BCUT2D eigenvalue weighted by atomic mass is 31.2. The molecule has 0 fully saturated rings. The molecule has 0 spiro atoms. The van der Waals surface area contributed by atoms with Crippen LogP contribution in [0.5, 0.6) is 0 Å². The van der Waals surface area contributed by atoms with Crippen molar-refractivity contribution in [2.45, 2.75) is 20.8 Å². The standard InChI is InChI=1S/C14H19N2O5P/c1-4-7-14(22(19,20-5-2)21-6-3)15-12-8-10-13(11-9-12)16(17)18/h4,7-11H,5-6H2,1-3H3/b7-4+,15-14?. The Kier molecular flexibility index (Phi) is 7.11. The van der Waals surface area contributed by atoms with Crippen molar-refractivity contribution in [3.05, 3.63) is 46.5 Å². The Hall–Kier alpha value is -1.82. The number of aliphatic imine (C=N–C) groups is 1. The highest BCUT2D eigenvalue weighted by Crippen LogP contribution is 2.50. The predicted molar refractivity (Wildman–Crippen MR) is 85.9 cm³/mol. The number of hydrogen-bond donors (Lipinski definition) is 0. The van der Waals surface area contributed by atoms with E-state index in [0.29, 0.717) is 5.69 Å². The van der Waals surface area contributed by atoms with Gasteiger partial charge in [0, 0.05) is 12.1 Å². The summed E-state index contributed by atoms with van der Waals surface area (Å²) in [5, 5.41) is 10.6. The molecule has 0 radical (unpaired) electrons. The first-order chi connectivity index (χ1) is 10.5. The quantitative estimate of drug-likeness (QED) is 0.304. The summed E-state index contributed by atoms with van der Waals surface area (Å²) >= 11 is 0. The van der Waals surface area contributed by atoms with Crippen LogP contribution in [0, 0.1) is 10.1 Å². The number of non-ortho nitro benzene ring substituents is 1. The summed E-state index contributed by atoms with van der Waals surface area (Å²) in [6.45, 7) is 5.62. The van der Waals surface area contributed by atoms with E-state index in [1.165, 1.54) is 24.3 Å². The van der Waals surface area contributed by atoms with Crippen molar-refractivity contribution >= 4 is 24.4 Å². The molecule has 1 aromatic rings. The number of nitro groups is 1. The number of allylic oxidation sites excluding steroid dienone is 2. The zero-order valence-electron chi connectivity index (χ0n) is 12.8. The summed E-state index contributed by atoms with van der Waals surface area (Å²) < 4.78 is 23.3. The monoisotopic (exact) mass is 326 g/mol.